The number of likely N-dealkylation sites (tertiary alicyclic amines) is 1. The summed E-state index contributed by atoms with van der Waals surface area (Å²) in [5.74, 6) is 0.692. The number of nitrogens with one attached hydrogen (secondary N) is 1. The number of methoxy groups -OCH3 is 1. The standard InChI is InChI=1S/C18H25N3O2S/c1-23-11-10-21-9-8-14(13-21)12-19-17(22)6-7-18-20-15-4-2-3-5-16(15)24-18/h2-5,14H,6-13H2,1H3,(H,19,22). The third-order valence-electron chi connectivity index (χ3n) is 4.47. The maximum atomic E-state index is 12.1. The molecule has 2 heterocycles. The summed E-state index contributed by atoms with van der Waals surface area (Å²) in [4.78, 5) is 19.1. The molecular formula is C18H25N3O2S. The Morgan fingerprint density at radius 3 is 3.17 bits per heavy atom. The Bertz CT molecular complexity index is 640. The highest BCUT2D eigenvalue weighted by Gasteiger charge is 2.22. The van der Waals surface area contributed by atoms with Crippen molar-refractivity contribution in [1.29, 1.82) is 0 Å². The molecule has 2 aromatic rings. The van der Waals surface area contributed by atoms with Gasteiger partial charge in [0.1, 0.15) is 0 Å². The first-order valence-electron chi connectivity index (χ1n) is 8.57. The van der Waals surface area contributed by atoms with E-state index in [0.717, 1.165) is 56.2 Å². The van der Waals surface area contributed by atoms with Gasteiger partial charge in [-0.1, -0.05) is 12.1 Å². The van der Waals surface area contributed by atoms with Gasteiger partial charge in [0.05, 0.1) is 21.8 Å². The Morgan fingerprint density at radius 1 is 1.46 bits per heavy atom. The van der Waals surface area contributed by atoms with Crippen LogP contribution in [0.5, 0.6) is 0 Å². The first-order chi connectivity index (χ1) is 11.7. The lowest BCUT2D eigenvalue weighted by Crippen LogP contribution is -2.31. The Hall–Kier alpha value is -1.50. The molecule has 1 saturated heterocycles. The summed E-state index contributed by atoms with van der Waals surface area (Å²) in [6, 6.07) is 8.11. The van der Waals surface area contributed by atoms with E-state index in [2.05, 4.69) is 21.3 Å². The van der Waals surface area contributed by atoms with Crippen LogP contribution in [0.2, 0.25) is 0 Å². The third-order valence-corrected chi connectivity index (χ3v) is 5.57. The van der Waals surface area contributed by atoms with E-state index in [9.17, 15) is 4.79 Å². The third kappa shape index (κ3) is 4.75. The zero-order valence-corrected chi connectivity index (χ0v) is 15.0. The van der Waals surface area contributed by atoms with Gasteiger partial charge in [-0.05, 0) is 31.0 Å². The molecule has 1 atom stereocenters. The van der Waals surface area contributed by atoms with Crippen molar-refractivity contribution < 1.29 is 9.53 Å². The van der Waals surface area contributed by atoms with Gasteiger partial charge < -0.3 is 15.0 Å². The SMILES string of the molecule is COCCN1CCC(CNC(=O)CCc2nc3ccccc3s2)C1. The zero-order chi connectivity index (χ0) is 16.8. The number of hydrogen-bond acceptors (Lipinski definition) is 5. The van der Waals surface area contributed by atoms with E-state index in [-0.39, 0.29) is 5.91 Å². The van der Waals surface area contributed by atoms with E-state index >= 15 is 0 Å². The van der Waals surface area contributed by atoms with Gasteiger partial charge in [0.25, 0.3) is 0 Å². The van der Waals surface area contributed by atoms with Crippen LogP contribution in [0.3, 0.4) is 0 Å². The summed E-state index contributed by atoms with van der Waals surface area (Å²) in [7, 11) is 1.74. The van der Waals surface area contributed by atoms with Gasteiger partial charge in [-0.2, -0.15) is 0 Å². The zero-order valence-electron chi connectivity index (χ0n) is 14.2. The Balaban J connectivity index is 1.37. The monoisotopic (exact) mass is 347 g/mol. The predicted octanol–water partition coefficient (Wildman–Crippen LogP) is 2.31. The summed E-state index contributed by atoms with van der Waals surface area (Å²) >= 11 is 1.68. The lowest BCUT2D eigenvalue weighted by Gasteiger charge is -2.15. The highest BCUT2D eigenvalue weighted by atomic mass is 32.1. The highest BCUT2D eigenvalue weighted by molar-refractivity contribution is 7.18. The van der Waals surface area contributed by atoms with Gasteiger partial charge in [-0.3, -0.25) is 4.79 Å². The van der Waals surface area contributed by atoms with Gasteiger partial charge in [0.2, 0.25) is 5.91 Å². The van der Waals surface area contributed by atoms with E-state index in [4.69, 9.17) is 4.74 Å². The van der Waals surface area contributed by atoms with Gasteiger partial charge in [0.15, 0.2) is 0 Å². The van der Waals surface area contributed by atoms with Crippen molar-refractivity contribution in [3.05, 3.63) is 29.3 Å². The molecule has 130 valence electrons. The average molecular weight is 347 g/mol. The lowest BCUT2D eigenvalue weighted by atomic mass is 10.1. The molecule has 1 aromatic carbocycles. The van der Waals surface area contributed by atoms with E-state index in [0.29, 0.717) is 12.3 Å². The second kappa shape index (κ2) is 8.55. The van der Waals surface area contributed by atoms with Crippen LogP contribution in [0.4, 0.5) is 0 Å². The summed E-state index contributed by atoms with van der Waals surface area (Å²) in [5.41, 5.74) is 1.03. The van der Waals surface area contributed by atoms with Gasteiger partial charge in [0, 0.05) is 39.6 Å². The minimum absolute atomic E-state index is 0.129. The van der Waals surface area contributed by atoms with Crippen LogP contribution in [0, 0.1) is 5.92 Å². The Labute approximate surface area is 147 Å². The normalized spacial score (nSPS) is 18.3. The van der Waals surface area contributed by atoms with Crippen molar-refractivity contribution in [3.8, 4) is 0 Å². The van der Waals surface area contributed by atoms with Crippen molar-refractivity contribution in [2.45, 2.75) is 19.3 Å². The maximum absolute atomic E-state index is 12.1. The van der Waals surface area contributed by atoms with Gasteiger partial charge in [-0.15, -0.1) is 11.3 Å². The highest BCUT2D eigenvalue weighted by Crippen LogP contribution is 2.22. The number of thiazole rings is 1. The molecule has 5 nitrogen and oxygen atoms in total. The van der Waals surface area contributed by atoms with E-state index < -0.39 is 0 Å². The number of fused-ring (bicyclic) bond motifs is 1. The molecule has 1 aliphatic heterocycles. The van der Waals surface area contributed by atoms with Crippen LogP contribution in [0.15, 0.2) is 24.3 Å². The minimum atomic E-state index is 0.129. The Morgan fingerprint density at radius 2 is 2.33 bits per heavy atom. The molecule has 1 amide bonds. The number of benzene rings is 1. The van der Waals surface area contributed by atoms with E-state index in [1.807, 2.05) is 18.2 Å². The number of para-hydroxylation sites is 1. The van der Waals surface area contributed by atoms with Crippen molar-refractivity contribution in [3.63, 3.8) is 0 Å². The number of aryl methyl sites for hydroxylation is 1. The number of aromatic nitrogens is 1. The van der Waals surface area contributed by atoms with Gasteiger partial charge in [-0.25, -0.2) is 4.98 Å². The number of carbonyl (C=O) groups is 1. The number of hydrogen-bond donors (Lipinski definition) is 1. The molecule has 0 spiro atoms. The van der Waals surface area contributed by atoms with Gasteiger partial charge >= 0.3 is 0 Å². The first-order valence-corrected chi connectivity index (χ1v) is 9.38. The van der Waals surface area contributed by atoms with Crippen LogP contribution in [-0.2, 0) is 16.0 Å². The fourth-order valence-electron chi connectivity index (χ4n) is 3.10. The summed E-state index contributed by atoms with van der Waals surface area (Å²) in [5, 5.41) is 4.13. The van der Waals surface area contributed by atoms with E-state index in [1.165, 1.54) is 4.70 Å². The molecule has 6 heteroatoms. The average Bonchev–Trinajstić information content (AvgIpc) is 3.22. The van der Waals surface area contributed by atoms with E-state index in [1.54, 1.807) is 18.4 Å². The summed E-state index contributed by atoms with van der Waals surface area (Å²) < 4.78 is 6.31. The molecule has 1 fully saturated rings. The second-order valence-electron chi connectivity index (χ2n) is 6.33. The smallest absolute Gasteiger partial charge is 0.220 e. The molecule has 1 aliphatic rings. The molecule has 0 radical (unpaired) electrons. The molecule has 0 aliphatic carbocycles. The van der Waals surface area contributed by atoms with Crippen molar-refractivity contribution in [2.24, 2.45) is 5.92 Å². The molecule has 1 N–H and O–H groups in total. The molecule has 1 aromatic heterocycles. The largest absolute Gasteiger partial charge is 0.383 e. The van der Waals surface area contributed by atoms with Crippen LogP contribution < -0.4 is 5.32 Å². The number of nitrogens with zero attached hydrogens (tertiary/aromatic N) is 2. The second-order valence-corrected chi connectivity index (χ2v) is 7.44. The topological polar surface area (TPSA) is 54.5 Å². The molecule has 24 heavy (non-hydrogen) atoms. The summed E-state index contributed by atoms with van der Waals surface area (Å²) in [6.45, 7) is 4.71. The number of amides is 1. The van der Waals surface area contributed by atoms with Crippen molar-refractivity contribution in [1.82, 2.24) is 15.2 Å². The quantitative estimate of drug-likeness (QED) is 0.796. The lowest BCUT2D eigenvalue weighted by molar-refractivity contribution is -0.121. The molecule has 0 bridgehead atoms. The number of carbonyl (C=O) groups excluding carboxylic acids is 1. The first kappa shape index (κ1) is 17.3. The van der Waals surface area contributed by atoms with Crippen LogP contribution >= 0.6 is 11.3 Å². The number of ether oxygens (including phenoxy) is 1. The molecule has 1 unspecified atom stereocenters. The fraction of sp³-hybridized carbons (Fsp3) is 0.556. The molecule has 0 saturated carbocycles. The molecular weight excluding hydrogens is 322 g/mol. The van der Waals surface area contributed by atoms with Crippen molar-refractivity contribution in [2.75, 3.05) is 39.9 Å². The van der Waals surface area contributed by atoms with Crippen LogP contribution in [0.1, 0.15) is 17.8 Å². The number of rotatable bonds is 8. The summed E-state index contributed by atoms with van der Waals surface area (Å²) in [6.07, 6.45) is 2.39. The minimum Gasteiger partial charge on any atom is -0.383 e. The van der Waals surface area contributed by atoms with Crippen LogP contribution in [0.25, 0.3) is 10.2 Å². The fourth-order valence-corrected chi connectivity index (χ4v) is 4.06. The maximum Gasteiger partial charge on any atom is 0.220 e. The molecule has 3 rings (SSSR count). The predicted molar refractivity (Wildman–Crippen MR) is 97.4 cm³/mol. The van der Waals surface area contributed by atoms with Crippen LogP contribution in [-0.4, -0.2) is 55.7 Å². The Kier molecular flexibility index (Phi) is 6.18. The van der Waals surface area contributed by atoms with Crippen molar-refractivity contribution >= 4 is 27.5 Å².